The molecule has 0 saturated carbocycles. The largest absolute Gasteiger partial charge is 0.490 e. The van der Waals surface area contributed by atoms with E-state index in [9.17, 15) is 17.6 Å². The number of ether oxygens (including phenoxy) is 2. The molecule has 50 heavy (non-hydrogen) atoms. The van der Waals surface area contributed by atoms with Crippen molar-refractivity contribution in [2.45, 2.75) is 26.7 Å². The first kappa shape index (κ1) is 39.4. The minimum atomic E-state index is -0.990. The maximum Gasteiger partial charge on any atom is 0.381 e. The van der Waals surface area contributed by atoms with E-state index in [1.165, 1.54) is 26.0 Å². The summed E-state index contributed by atoms with van der Waals surface area (Å²) in [5.41, 5.74) is 3.30. The quantitative estimate of drug-likeness (QED) is 0.0610. The Morgan fingerprint density at radius 3 is 1.48 bits per heavy atom. The Balaban J connectivity index is 0.000000193. The maximum atomic E-state index is 14.3. The van der Waals surface area contributed by atoms with Crippen LogP contribution in [0.25, 0.3) is 32.3 Å². The number of halogens is 5. The first-order valence-electron chi connectivity index (χ1n) is 15.6. The van der Waals surface area contributed by atoms with Crippen LogP contribution in [0.2, 0.25) is 0 Å². The predicted octanol–water partition coefficient (Wildman–Crippen LogP) is 9.81. The fourth-order valence-electron chi connectivity index (χ4n) is 4.47. The molecule has 1 N–H and O–H groups in total. The molecule has 2 heterocycles. The van der Waals surface area contributed by atoms with Crippen molar-refractivity contribution >= 4 is 57.9 Å². The van der Waals surface area contributed by atoms with E-state index in [1.54, 1.807) is 30.3 Å². The van der Waals surface area contributed by atoms with Crippen molar-refractivity contribution in [3.63, 3.8) is 0 Å². The average Bonchev–Trinajstić information content (AvgIpc) is 3.86. The molecule has 0 bridgehead atoms. The third-order valence-corrected chi connectivity index (χ3v) is 11.5. The van der Waals surface area contributed by atoms with Crippen LogP contribution in [0.5, 0.6) is 11.5 Å². The maximum absolute atomic E-state index is 14.3. The van der Waals surface area contributed by atoms with Gasteiger partial charge in [0, 0.05) is 5.56 Å². The molecule has 6 aromatic rings. The zero-order valence-corrected chi connectivity index (χ0v) is 32.2. The van der Waals surface area contributed by atoms with Crippen LogP contribution in [0.15, 0.2) is 110 Å². The average molecular weight is 878 g/mol. The van der Waals surface area contributed by atoms with Gasteiger partial charge in [-0.3, -0.25) is 5.26 Å². The summed E-state index contributed by atoms with van der Waals surface area (Å²) in [5, 5.41) is 8.31. The second-order valence-electron chi connectivity index (χ2n) is 10.5. The normalized spacial score (nSPS) is 10.4. The van der Waals surface area contributed by atoms with Crippen molar-refractivity contribution in [1.29, 1.82) is 0 Å². The minimum Gasteiger partial charge on any atom is -0.490 e. The molecule has 0 aliphatic carbocycles. The Labute approximate surface area is 310 Å². The number of hydrogen-bond donors (Lipinski definition) is 1. The molecule has 0 amide bonds. The van der Waals surface area contributed by atoms with Gasteiger partial charge in [-0.25, -0.2) is 4.39 Å². The molecule has 2 aromatic heterocycles. The van der Waals surface area contributed by atoms with Crippen LogP contribution >= 0.6 is 15.9 Å². The van der Waals surface area contributed by atoms with Crippen molar-refractivity contribution < 1.29 is 37.1 Å². The van der Waals surface area contributed by atoms with E-state index in [4.69, 9.17) is 14.7 Å². The van der Waals surface area contributed by atoms with Crippen molar-refractivity contribution in [2.24, 2.45) is 0 Å². The molecule has 0 aliphatic heterocycles. The van der Waals surface area contributed by atoms with E-state index in [0.717, 1.165) is 19.5 Å². The monoisotopic (exact) mass is 879 g/mol. The second-order valence-corrected chi connectivity index (χ2v) is 16.5. The topological polar surface area (TPSA) is 47.9 Å². The Bertz CT molecular complexity index is 1890. The molecule has 1 radical (unpaired) electrons. The zero-order chi connectivity index (χ0) is 35.9. The SMILES string of the molecule is Brc1ccc[se]1.CCCOc1ccc(-c2ccc(-c3ccc[se]3)cc2)c(F)c1F.CCCOc1ccc(-c2ccc([B]OO)cc2)c(F)c1F. The molecular formula is C38H33BBrF4O4Se2. The summed E-state index contributed by atoms with van der Waals surface area (Å²) < 4.78 is 69.4. The van der Waals surface area contributed by atoms with Crippen LogP contribution in [0.3, 0.4) is 0 Å². The molecule has 0 spiro atoms. The fourth-order valence-corrected chi connectivity index (χ4v) is 7.66. The van der Waals surface area contributed by atoms with Gasteiger partial charge in [0.1, 0.15) is 0 Å². The zero-order valence-electron chi connectivity index (χ0n) is 27.2. The summed E-state index contributed by atoms with van der Waals surface area (Å²) in [6.07, 6.45) is 1.46. The molecule has 6 rings (SSSR count). The van der Waals surface area contributed by atoms with E-state index in [1.807, 2.05) is 44.2 Å². The number of benzene rings is 4. The van der Waals surface area contributed by atoms with Gasteiger partial charge >= 0.3 is 191 Å². The first-order valence-corrected chi connectivity index (χ1v) is 20.0. The molecule has 0 saturated heterocycles. The van der Waals surface area contributed by atoms with Crippen molar-refractivity contribution in [2.75, 3.05) is 13.2 Å². The Hall–Kier alpha value is -3.34. The number of rotatable bonds is 11. The van der Waals surface area contributed by atoms with Crippen LogP contribution in [-0.2, 0) is 4.81 Å². The summed E-state index contributed by atoms with van der Waals surface area (Å²) in [6, 6.07) is 28.3. The van der Waals surface area contributed by atoms with Gasteiger partial charge < -0.3 is 9.54 Å². The molecule has 0 atom stereocenters. The summed E-state index contributed by atoms with van der Waals surface area (Å²) in [7, 11) is 1.13. The van der Waals surface area contributed by atoms with Crippen LogP contribution in [0.1, 0.15) is 26.7 Å². The summed E-state index contributed by atoms with van der Waals surface area (Å²) in [4.78, 5) is 8.22. The van der Waals surface area contributed by atoms with E-state index >= 15 is 0 Å². The van der Waals surface area contributed by atoms with E-state index < -0.39 is 23.3 Å². The standard InChI is InChI=1S/C19H16F2OSe.C15H14BF2O3.C4H3BrSe/c1-2-11-22-16-10-9-15(18(20)19(16)21)13-5-7-14(8-6-13)17-4-3-12-23-17;1-2-9-20-13-8-7-12(14(17)15(13)18)10-3-5-11(6-4-10)16-21-19;5-4-2-1-3-6-4/h3-10,12H,2,11H2,1H3;3-8,19H,2,9H2,1H3;1-3H. The Morgan fingerprint density at radius 1 is 0.600 bits per heavy atom. The summed E-state index contributed by atoms with van der Waals surface area (Å²) in [6.45, 7) is 4.51. The minimum absolute atomic E-state index is 0.0328. The van der Waals surface area contributed by atoms with Gasteiger partial charge in [0.2, 0.25) is 5.82 Å². The van der Waals surface area contributed by atoms with Crippen LogP contribution in [-0.4, -0.2) is 55.0 Å². The van der Waals surface area contributed by atoms with Crippen molar-refractivity contribution in [3.05, 3.63) is 134 Å². The van der Waals surface area contributed by atoms with Crippen LogP contribution in [0.4, 0.5) is 17.6 Å². The third-order valence-electron chi connectivity index (χ3n) is 6.92. The van der Waals surface area contributed by atoms with Crippen molar-refractivity contribution in [1.82, 2.24) is 0 Å². The fraction of sp³-hybridized carbons (Fsp3) is 0.158. The molecule has 0 fully saturated rings. The molecule has 0 aliphatic rings. The predicted molar refractivity (Wildman–Crippen MR) is 198 cm³/mol. The molecular weight excluding hydrogens is 845 g/mol. The molecule has 4 aromatic carbocycles. The van der Waals surface area contributed by atoms with Crippen molar-refractivity contribution in [3.8, 4) is 43.8 Å². The van der Waals surface area contributed by atoms with Gasteiger partial charge in [-0.1, -0.05) is 43.6 Å². The van der Waals surface area contributed by atoms with Crippen LogP contribution in [0, 0.1) is 23.3 Å². The molecule has 259 valence electrons. The van der Waals surface area contributed by atoms with Gasteiger partial charge in [0.15, 0.2) is 11.6 Å². The molecule has 0 unspecified atom stereocenters. The smallest absolute Gasteiger partial charge is 0.381 e. The van der Waals surface area contributed by atoms with E-state index in [0.29, 0.717) is 65.2 Å². The van der Waals surface area contributed by atoms with Gasteiger partial charge in [-0.15, -0.1) is 0 Å². The number of hydrogen-bond acceptors (Lipinski definition) is 4. The van der Waals surface area contributed by atoms with Gasteiger partial charge in [-0.05, 0) is 24.1 Å². The van der Waals surface area contributed by atoms with Gasteiger partial charge in [-0.2, -0.15) is 4.39 Å². The third kappa shape index (κ3) is 11.1. The Morgan fingerprint density at radius 2 is 1.08 bits per heavy atom. The van der Waals surface area contributed by atoms with Gasteiger partial charge in [0.05, 0.1) is 6.61 Å². The van der Waals surface area contributed by atoms with Crippen LogP contribution < -0.4 is 14.9 Å². The molecule has 12 heteroatoms. The van der Waals surface area contributed by atoms with E-state index in [2.05, 4.69) is 48.8 Å². The summed E-state index contributed by atoms with van der Waals surface area (Å²) in [5.74, 6) is -3.84. The Kier molecular flexibility index (Phi) is 16.2. The molecule has 4 nitrogen and oxygen atoms in total. The van der Waals surface area contributed by atoms with Gasteiger partial charge in [0.25, 0.3) is 0 Å². The summed E-state index contributed by atoms with van der Waals surface area (Å²) >= 11 is 4.35. The van der Waals surface area contributed by atoms with E-state index in [-0.39, 0.29) is 22.6 Å². The second kappa shape index (κ2) is 20.5. The first-order chi connectivity index (χ1) is 24.3.